The Bertz CT molecular complexity index is 656. The third kappa shape index (κ3) is 3.80. The molecule has 0 aliphatic carbocycles. The molecule has 1 aliphatic heterocycles. The highest BCUT2D eigenvalue weighted by molar-refractivity contribution is 5.98. The second-order valence-electron chi connectivity index (χ2n) is 5.42. The highest BCUT2D eigenvalue weighted by atomic mass is 16.5. The van der Waals surface area contributed by atoms with Crippen molar-refractivity contribution in [1.82, 2.24) is 9.80 Å². The smallest absolute Gasteiger partial charge is 0.323 e. The number of carbonyl (C=O) groups excluding carboxylic acids is 2. The van der Waals surface area contributed by atoms with Gasteiger partial charge in [0.15, 0.2) is 0 Å². The number of ether oxygens (including phenoxy) is 1. The maximum atomic E-state index is 12.8. The van der Waals surface area contributed by atoms with E-state index in [9.17, 15) is 14.4 Å². The Balaban J connectivity index is 2.49. The summed E-state index contributed by atoms with van der Waals surface area (Å²) in [5.74, 6) is -1.83. The summed E-state index contributed by atoms with van der Waals surface area (Å²) in [5.41, 5.74) is 1.07. The maximum absolute atomic E-state index is 12.8. The molecule has 0 bridgehead atoms. The molecule has 7 nitrogen and oxygen atoms in total. The Kier molecular flexibility index (Phi) is 5.70. The number of carboxylic acids is 1. The van der Waals surface area contributed by atoms with Crippen LogP contribution in [-0.4, -0.2) is 59.0 Å². The van der Waals surface area contributed by atoms with Crippen LogP contribution in [0.5, 0.6) is 0 Å². The van der Waals surface area contributed by atoms with Gasteiger partial charge in [0.1, 0.15) is 12.6 Å². The molecule has 128 valence electrons. The van der Waals surface area contributed by atoms with Gasteiger partial charge < -0.3 is 14.7 Å². The number of carbonyl (C=O) groups is 3. The third-order valence-corrected chi connectivity index (χ3v) is 3.76. The molecule has 1 N–H and O–H groups in total. The molecule has 0 aromatic heterocycles. The van der Waals surface area contributed by atoms with Crippen molar-refractivity contribution >= 4 is 23.5 Å². The molecule has 1 heterocycles. The van der Waals surface area contributed by atoms with Gasteiger partial charge in [0.05, 0.1) is 5.70 Å². The van der Waals surface area contributed by atoms with Crippen LogP contribution >= 0.6 is 0 Å². The summed E-state index contributed by atoms with van der Waals surface area (Å²) >= 11 is 0. The predicted molar refractivity (Wildman–Crippen MR) is 86.6 cm³/mol. The summed E-state index contributed by atoms with van der Waals surface area (Å²) in [6, 6.07) is 8.15. The molecule has 2 rings (SSSR count). The van der Waals surface area contributed by atoms with E-state index < -0.39 is 24.5 Å². The Morgan fingerprint density at radius 1 is 1.25 bits per heavy atom. The first kappa shape index (κ1) is 17.7. The monoisotopic (exact) mass is 332 g/mol. The standard InChI is InChI=1S/C17H20N2O5/c1-12(20)18-10-15(13-6-4-3-5-7-13)19(11-16(21)22)17(23)14(18)8-9-24-2/h3-7,10,14H,8-9,11H2,1-2H3,(H,21,22). The summed E-state index contributed by atoms with van der Waals surface area (Å²) < 4.78 is 5.00. The molecular formula is C17H20N2O5. The van der Waals surface area contributed by atoms with Crippen LogP contribution in [0, 0.1) is 0 Å². The third-order valence-electron chi connectivity index (χ3n) is 3.76. The Morgan fingerprint density at radius 2 is 1.92 bits per heavy atom. The second-order valence-corrected chi connectivity index (χ2v) is 5.42. The molecule has 1 aromatic rings. The number of benzene rings is 1. The van der Waals surface area contributed by atoms with Crippen LogP contribution in [0.1, 0.15) is 18.9 Å². The van der Waals surface area contributed by atoms with Gasteiger partial charge in [0.25, 0.3) is 5.91 Å². The van der Waals surface area contributed by atoms with Gasteiger partial charge in [-0.15, -0.1) is 0 Å². The number of carboxylic acid groups (broad SMARTS) is 1. The molecule has 1 unspecified atom stereocenters. The van der Waals surface area contributed by atoms with Crippen molar-refractivity contribution in [3.8, 4) is 0 Å². The lowest BCUT2D eigenvalue weighted by atomic mass is 10.0. The number of methoxy groups -OCH3 is 1. The minimum Gasteiger partial charge on any atom is -0.480 e. The lowest BCUT2D eigenvalue weighted by molar-refractivity contribution is -0.147. The van der Waals surface area contributed by atoms with Gasteiger partial charge in [-0.1, -0.05) is 30.3 Å². The van der Waals surface area contributed by atoms with E-state index in [4.69, 9.17) is 9.84 Å². The van der Waals surface area contributed by atoms with Crippen molar-refractivity contribution < 1.29 is 24.2 Å². The van der Waals surface area contributed by atoms with Crippen LogP contribution in [-0.2, 0) is 19.1 Å². The minimum absolute atomic E-state index is 0.284. The Labute approximate surface area is 140 Å². The summed E-state index contributed by atoms with van der Waals surface area (Å²) in [5, 5.41) is 9.16. The molecule has 0 saturated carbocycles. The lowest BCUT2D eigenvalue weighted by Crippen LogP contribution is -2.53. The van der Waals surface area contributed by atoms with Crippen molar-refractivity contribution in [2.75, 3.05) is 20.3 Å². The van der Waals surface area contributed by atoms with Gasteiger partial charge in [-0.05, 0) is 5.56 Å². The zero-order valence-electron chi connectivity index (χ0n) is 13.6. The first-order chi connectivity index (χ1) is 11.5. The van der Waals surface area contributed by atoms with Crippen LogP contribution in [0.2, 0.25) is 0 Å². The van der Waals surface area contributed by atoms with E-state index in [0.717, 1.165) is 0 Å². The van der Waals surface area contributed by atoms with Crippen molar-refractivity contribution in [2.24, 2.45) is 0 Å². The number of amides is 2. The second kappa shape index (κ2) is 7.74. The zero-order chi connectivity index (χ0) is 17.7. The molecule has 1 aromatic carbocycles. The highest BCUT2D eigenvalue weighted by Crippen LogP contribution is 2.28. The molecule has 0 spiro atoms. The van der Waals surface area contributed by atoms with Crippen LogP contribution in [0.4, 0.5) is 0 Å². The predicted octanol–water partition coefficient (Wildman–Crippen LogP) is 1.17. The summed E-state index contributed by atoms with van der Waals surface area (Å²) in [7, 11) is 1.51. The molecule has 0 saturated heterocycles. The first-order valence-electron chi connectivity index (χ1n) is 7.54. The van der Waals surface area contributed by atoms with Crippen molar-refractivity contribution in [2.45, 2.75) is 19.4 Å². The molecule has 7 heteroatoms. The lowest BCUT2D eigenvalue weighted by Gasteiger charge is -2.38. The molecule has 1 aliphatic rings. The fraction of sp³-hybridized carbons (Fsp3) is 0.353. The largest absolute Gasteiger partial charge is 0.480 e. The summed E-state index contributed by atoms with van der Waals surface area (Å²) in [4.78, 5) is 38.6. The fourth-order valence-corrected chi connectivity index (χ4v) is 2.65. The average molecular weight is 332 g/mol. The SMILES string of the molecule is COCCC1C(=O)N(CC(=O)O)C(c2ccccc2)=CN1C(C)=O. The number of hydrogen-bond acceptors (Lipinski definition) is 4. The van der Waals surface area contributed by atoms with Gasteiger partial charge in [-0.25, -0.2) is 0 Å². The van der Waals surface area contributed by atoms with Crippen molar-refractivity contribution in [3.05, 3.63) is 42.1 Å². The van der Waals surface area contributed by atoms with Gasteiger partial charge >= 0.3 is 5.97 Å². The maximum Gasteiger partial charge on any atom is 0.323 e. The van der Waals surface area contributed by atoms with E-state index in [1.54, 1.807) is 30.5 Å². The minimum atomic E-state index is -1.12. The molecule has 2 amide bonds. The van der Waals surface area contributed by atoms with Gasteiger partial charge in [0, 0.05) is 33.3 Å². The number of rotatable bonds is 6. The van der Waals surface area contributed by atoms with Gasteiger partial charge in [0.2, 0.25) is 5.91 Å². The van der Waals surface area contributed by atoms with Crippen LogP contribution in [0.25, 0.3) is 5.70 Å². The Morgan fingerprint density at radius 3 is 2.46 bits per heavy atom. The summed E-state index contributed by atoms with van der Waals surface area (Å²) in [6.07, 6.45) is 1.84. The van der Waals surface area contributed by atoms with E-state index in [-0.39, 0.29) is 12.5 Å². The molecule has 24 heavy (non-hydrogen) atoms. The number of nitrogens with zero attached hydrogens (tertiary/aromatic N) is 2. The van der Waals surface area contributed by atoms with Crippen molar-refractivity contribution in [3.63, 3.8) is 0 Å². The quantitative estimate of drug-likeness (QED) is 0.845. The van der Waals surface area contributed by atoms with Gasteiger partial charge in [-0.3, -0.25) is 19.3 Å². The molecule has 1 atom stereocenters. The molecule has 0 radical (unpaired) electrons. The van der Waals surface area contributed by atoms with E-state index in [2.05, 4.69) is 0 Å². The highest BCUT2D eigenvalue weighted by Gasteiger charge is 2.38. The number of aliphatic carboxylic acids is 1. The van der Waals surface area contributed by atoms with Crippen LogP contribution in [0.15, 0.2) is 36.5 Å². The fourth-order valence-electron chi connectivity index (χ4n) is 2.65. The van der Waals surface area contributed by atoms with E-state index in [1.807, 2.05) is 6.07 Å². The average Bonchev–Trinajstić information content (AvgIpc) is 2.55. The van der Waals surface area contributed by atoms with E-state index in [0.29, 0.717) is 17.7 Å². The molecular weight excluding hydrogens is 312 g/mol. The topological polar surface area (TPSA) is 87.2 Å². The van der Waals surface area contributed by atoms with Gasteiger partial charge in [-0.2, -0.15) is 0 Å². The van der Waals surface area contributed by atoms with Crippen LogP contribution in [0.3, 0.4) is 0 Å². The summed E-state index contributed by atoms with van der Waals surface area (Å²) in [6.45, 7) is 1.20. The Hall–Kier alpha value is -2.67. The number of hydrogen-bond donors (Lipinski definition) is 1. The zero-order valence-corrected chi connectivity index (χ0v) is 13.6. The van der Waals surface area contributed by atoms with Crippen LogP contribution < -0.4 is 0 Å². The van der Waals surface area contributed by atoms with Crippen molar-refractivity contribution in [1.29, 1.82) is 0 Å². The molecule has 0 fully saturated rings. The van der Waals surface area contributed by atoms with E-state index in [1.165, 1.54) is 23.8 Å². The first-order valence-corrected chi connectivity index (χ1v) is 7.54. The normalized spacial score (nSPS) is 17.7. The van der Waals surface area contributed by atoms with E-state index >= 15 is 0 Å².